The van der Waals surface area contributed by atoms with Crippen LogP contribution in [0.1, 0.15) is 28.9 Å². The van der Waals surface area contributed by atoms with Crippen LogP contribution in [0.5, 0.6) is 0 Å². The number of amides is 1. The van der Waals surface area contributed by atoms with Crippen LogP contribution in [-0.4, -0.2) is 33.2 Å². The second kappa shape index (κ2) is 7.75. The second-order valence-corrected chi connectivity index (χ2v) is 5.91. The summed E-state index contributed by atoms with van der Waals surface area (Å²) >= 11 is 1.24. The zero-order valence-corrected chi connectivity index (χ0v) is 14.3. The van der Waals surface area contributed by atoms with E-state index in [1.807, 2.05) is 12.3 Å². The number of rotatable bonds is 7. The number of nitrogens with one attached hydrogen (secondary N) is 1. The molecule has 25 heavy (non-hydrogen) atoms. The fourth-order valence-corrected chi connectivity index (χ4v) is 2.81. The molecule has 3 rings (SSSR count). The molecule has 8 nitrogen and oxygen atoms in total. The van der Waals surface area contributed by atoms with Crippen molar-refractivity contribution in [3.8, 4) is 0 Å². The molecule has 0 aromatic carbocycles. The van der Waals surface area contributed by atoms with Gasteiger partial charge in [-0.15, -0.1) is 11.3 Å². The topological polar surface area (TPSA) is 99.2 Å². The lowest BCUT2D eigenvalue weighted by atomic mass is 10.3. The Labute approximate surface area is 147 Å². The van der Waals surface area contributed by atoms with Crippen LogP contribution in [-0.2, 0) is 22.5 Å². The highest BCUT2D eigenvalue weighted by molar-refractivity contribution is 7.14. The maximum Gasteiger partial charge on any atom is 0.311 e. The highest BCUT2D eigenvalue weighted by Gasteiger charge is 2.15. The summed E-state index contributed by atoms with van der Waals surface area (Å²) in [7, 11) is 0. The first kappa shape index (κ1) is 16.9. The van der Waals surface area contributed by atoms with Crippen molar-refractivity contribution in [3.63, 3.8) is 0 Å². The first-order valence-corrected chi connectivity index (χ1v) is 8.49. The van der Waals surface area contributed by atoms with E-state index in [1.54, 1.807) is 35.3 Å². The molecule has 3 aromatic rings. The summed E-state index contributed by atoms with van der Waals surface area (Å²) in [5.41, 5.74) is 0.553. The zero-order chi connectivity index (χ0) is 17.6. The predicted molar refractivity (Wildman–Crippen MR) is 90.4 cm³/mol. The molecule has 9 heteroatoms. The van der Waals surface area contributed by atoms with Crippen molar-refractivity contribution in [1.29, 1.82) is 0 Å². The van der Waals surface area contributed by atoms with Crippen LogP contribution in [0.4, 0.5) is 5.13 Å². The van der Waals surface area contributed by atoms with Crippen LogP contribution < -0.4 is 5.32 Å². The van der Waals surface area contributed by atoms with Crippen LogP contribution in [0, 0.1) is 0 Å². The van der Waals surface area contributed by atoms with Crippen molar-refractivity contribution >= 4 is 28.3 Å². The van der Waals surface area contributed by atoms with E-state index in [0.29, 0.717) is 29.7 Å². The zero-order valence-electron chi connectivity index (χ0n) is 13.5. The van der Waals surface area contributed by atoms with Crippen LogP contribution in [0.3, 0.4) is 0 Å². The van der Waals surface area contributed by atoms with Crippen LogP contribution >= 0.6 is 11.3 Å². The maximum atomic E-state index is 12.2. The summed E-state index contributed by atoms with van der Waals surface area (Å²) in [6.07, 6.45) is 3.56. The van der Waals surface area contributed by atoms with E-state index in [-0.39, 0.29) is 18.2 Å². The largest absolute Gasteiger partial charge is 0.466 e. The molecule has 3 aromatic heterocycles. The number of carbonyl (C=O) groups is 2. The normalized spacial score (nSPS) is 10.6. The van der Waals surface area contributed by atoms with Gasteiger partial charge in [0, 0.05) is 17.8 Å². The first-order valence-electron chi connectivity index (χ1n) is 7.61. The van der Waals surface area contributed by atoms with Gasteiger partial charge in [0.05, 0.1) is 25.3 Å². The SMILES string of the molecule is CCOC(=O)Cc1csc(NC(=O)c2ccc(Cn3cccn3)o2)n1. The van der Waals surface area contributed by atoms with Gasteiger partial charge < -0.3 is 9.15 Å². The summed E-state index contributed by atoms with van der Waals surface area (Å²) in [5.74, 6) is 0.0593. The second-order valence-electron chi connectivity index (χ2n) is 5.05. The van der Waals surface area contributed by atoms with Crippen molar-refractivity contribution < 1.29 is 18.7 Å². The number of hydrogen-bond acceptors (Lipinski definition) is 7. The van der Waals surface area contributed by atoms with Crippen molar-refractivity contribution in [2.75, 3.05) is 11.9 Å². The molecule has 3 heterocycles. The van der Waals surface area contributed by atoms with Crippen LogP contribution in [0.15, 0.2) is 40.4 Å². The molecule has 1 N–H and O–H groups in total. The molecule has 0 aliphatic carbocycles. The van der Waals surface area contributed by atoms with Crippen LogP contribution in [0.2, 0.25) is 0 Å². The number of ether oxygens (including phenoxy) is 1. The van der Waals surface area contributed by atoms with E-state index >= 15 is 0 Å². The summed E-state index contributed by atoms with van der Waals surface area (Å²) in [5, 5.41) is 8.84. The van der Waals surface area contributed by atoms with Gasteiger partial charge in [0.1, 0.15) is 5.76 Å². The van der Waals surface area contributed by atoms with Gasteiger partial charge in [-0.3, -0.25) is 19.6 Å². The number of anilines is 1. The minimum absolute atomic E-state index is 0.0784. The average molecular weight is 360 g/mol. The number of esters is 1. The fraction of sp³-hybridized carbons (Fsp3) is 0.250. The molecule has 0 fully saturated rings. The van der Waals surface area contributed by atoms with E-state index in [1.165, 1.54) is 11.3 Å². The number of aromatic nitrogens is 3. The Morgan fingerprint density at radius 1 is 1.40 bits per heavy atom. The molecule has 1 amide bonds. The Hall–Kier alpha value is -2.94. The van der Waals surface area contributed by atoms with E-state index in [9.17, 15) is 9.59 Å². The van der Waals surface area contributed by atoms with Crippen molar-refractivity contribution in [2.45, 2.75) is 19.9 Å². The maximum absolute atomic E-state index is 12.2. The molecule has 0 unspecified atom stereocenters. The first-order chi connectivity index (χ1) is 12.1. The molecule has 0 saturated carbocycles. The average Bonchev–Trinajstić information content (AvgIpc) is 3.30. The molecule has 0 bridgehead atoms. The molecule has 0 aliphatic rings. The van der Waals surface area contributed by atoms with Crippen molar-refractivity contribution in [2.24, 2.45) is 0 Å². The Morgan fingerprint density at radius 3 is 3.04 bits per heavy atom. The number of furan rings is 1. The highest BCUT2D eigenvalue weighted by atomic mass is 32.1. The monoisotopic (exact) mass is 360 g/mol. The molecule has 0 aliphatic heterocycles. The molecule has 130 valence electrons. The third-order valence-electron chi connectivity index (χ3n) is 3.17. The van der Waals surface area contributed by atoms with E-state index < -0.39 is 5.91 Å². The smallest absolute Gasteiger partial charge is 0.311 e. The van der Waals surface area contributed by atoms with E-state index in [0.717, 1.165) is 0 Å². The Bertz CT molecular complexity index is 853. The Morgan fingerprint density at radius 2 is 2.28 bits per heavy atom. The lowest BCUT2D eigenvalue weighted by Gasteiger charge is -2.00. The summed E-state index contributed by atoms with van der Waals surface area (Å²) < 4.78 is 12.1. The standard InChI is InChI=1S/C16H16N4O4S/c1-2-23-14(21)8-11-10-25-16(18-11)19-15(22)13-5-4-12(24-13)9-20-7-3-6-17-20/h3-7,10H,2,8-9H2,1H3,(H,18,19,22). The van der Waals surface area contributed by atoms with Crippen LogP contribution in [0.25, 0.3) is 0 Å². The van der Waals surface area contributed by atoms with Gasteiger partial charge in [0.15, 0.2) is 10.9 Å². The molecular weight excluding hydrogens is 344 g/mol. The third-order valence-corrected chi connectivity index (χ3v) is 3.97. The van der Waals surface area contributed by atoms with Gasteiger partial charge in [-0.1, -0.05) is 0 Å². The molecular formula is C16H16N4O4S. The highest BCUT2D eigenvalue weighted by Crippen LogP contribution is 2.18. The quantitative estimate of drug-likeness (QED) is 0.649. The van der Waals surface area contributed by atoms with E-state index in [4.69, 9.17) is 9.15 Å². The predicted octanol–water partition coefficient (Wildman–Crippen LogP) is 2.34. The molecule has 0 atom stereocenters. The summed E-state index contributed by atoms with van der Waals surface area (Å²) in [4.78, 5) is 27.8. The van der Waals surface area contributed by atoms with Gasteiger partial charge in [-0.25, -0.2) is 4.98 Å². The van der Waals surface area contributed by atoms with Gasteiger partial charge in [0.25, 0.3) is 5.91 Å². The third kappa shape index (κ3) is 4.54. The van der Waals surface area contributed by atoms with Crippen molar-refractivity contribution in [1.82, 2.24) is 14.8 Å². The number of thiazole rings is 1. The Balaban J connectivity index is 1.58. The lowest BCUT2D eigenvalue weighted by Crippen LogP contribution is -2.11. The van der Waals surface area contributed by atoms with E-state index in [2.05, 4.69) is 15.4 Å². The minimum atomic E-state index is -0.399. The number of hydrogen-bond donors (Lipinski definition) is 1. The number of nitrogens with zero attached hydrogens (tertiary/aromatic N) is 3. The minimum Gasteiger partial charge on any atom is -0.466 e. The van der Waals surface area contributed by atoms with Crippen molar-refractivity contribution in [3.05, 3.63) is 53.2 Å². The van der Waals surface area contributed by atoms with Gasteiger partial charge in [-0.05, 0) is 25.1 Å². The van der Waals surface area contributed by atoms with Gasteiger partial charge in [0.2, 0.25) is 0 Å². The Kier molecular flexibility index (Phi) is 5.24. The molecule has 0 radical (unpaired) electrons. The number of carbonyl (C=O) groups excluding carboxylic acids is 2. The van der Waals surface area contributed by atoms with Gasteiger partial charge in [-0.2, -0.15) is 5.10 Å². The lowest BCUT2D eigenvalue weighted by molar-refractivity contribution is -0.142. The van der Waals surface area contributed by atoms with Gasteiger partial charge >= 0.3 is 5.97 Å². The molecule has 0 saturated heterocycles. The summed E-state index contributed by atoms with van der Waals surface area (Å²) in [6, 6.07) is 5.14. The fourth-order valence-electron chi connectivity index (χ4n) is 2.10. The molecule has 0 spiro atoms. The summed E-state index contributed by atoms with van der Waals surface area (Å²) in [6.45, 7) is 2.52.